The third kappa shape index (κ3) is 4.98. The van der Waals surface area contributed by atoms with Crippen molar-refractivity contribution >= 4 is 21.5 Å². The molecule has 6 nitrogen and oxygen atoms in total. The summed E-state index contributed by atoms with van der Waals surface area (Å²) >= 11 is 0. The summed E-state index contributed by atoms with van der Waals surface area (Å²) in [4.78, 5) is 4.42. The lowest BCUT2D eigenvalue weighted by Crippen LogP contribution is -2.13. The molecular weight excluding hydrogens is 362 g/mol. The molecule has 1 aromatic heterocycles. The molecule has 0 saturated heterocycles. The van der Waals surface area contributed by atoms with E-state index in [0.717, 1.165) is 5.56 Å². The number of sulfonamides is 1. The van der Waals surface area contributed by atoms with Crippen LogP contribution in [-0.4, -0.2) is 20.5 Å². The number of ether oxygens (including phenoxy) is 1. The fraction of sp³-hybridized carbons (Fsp3) is 0.150. The molecule has 140 valence electrons. The van der Waals surface area contributed by atoms with E-state index < -0.39 is 10.0 Å². The van der Waals surface area contributed by atoms with Gasteiger partial charge in [-0.15, -0.1) is 0 Å². The lowest BCUT2D eigenvalue weighted by molar-refractivity contribution is 0.414. The van der Waals surface area contributed by atoms with Gasteiger partial charge in [-0.3, -0.25) is 4.72 Å². The maximum absolute atomic E-state index is 12.4. The van der Waals surface area contributed by atoms with E-state index in [1.807, 2.05) is 6.92 Å². The summed E-state index contributed by atoms with van der Waals surface area (Å²) in [7, 11) is -2.15. The molecule has 0 saturated carbocycles. The molecule has 0 aliphatic rings. The molecule has 0 spiro atoms. The zero-order valence-electron chi connectivity index (χ0n) is 15.1. The van der Waals surface area contributed by atoms with Gasteiger partial charge in [0.1, 0.15) is 11.6 Å². The summed E-state index contributed by atoms with van der Waals surface area (Å²) in [5.41, 5.74) is 2.75. The molecule has 0 fully saturated rings. The van der Waals surface area contributed by atoms with Crippen molar-refractivity contribution in [3.63, 3.8) is 0 Å². The normalized spacial score (nSPS) is 11.0. The predicted molar refractivity (Wildman–Crippen MR) is 107 cm³/mol. The van der Waals surface area contributed by atoms with Crippen LogP contribution in [0.5, 0.6) is 5.75 Å². The molecule has 0 aliphatic carbocycles. The quantitative estimate of drug-likeness (QED) is 0.648. The molecule has 0 amide bonds. The van der Waals surface area contributed by atoms with Crippen LogP contribution < -0.4 is 14.8 Å². The number of aryl methyl sites for hydroxylation is 1. The Kier molecular flexibility index (Phi) is 5.61. The number of nitrogens with one attached hydrogen (secondary N) is 2. The minimum absolute atomic E-state index is 0.157. The van der Waals surface area contributed by atoms with Crippen molar-refractivity contribution < 1.29 is 13.2 Å². The Morgan fingerprint density at radius 2 is 1.67 bits per heavy atom. The van der Waals surface area contributed by atoms with Crippen LogP contribution in [0.25, 0.3) is 0 Å². The third-order valence-corrected chi connectivity index (χ3v) is 5.38. The van der Waals surface area contributed by atoms with E-state index in [9.17, 15) is 8.42 Å². The second kappa shape index (κ2) is 8.09. The molecule has 0 radical (unpaired) electrons. The van der Waals surface area contributed by atoms with Gasteiger partial charge in [-0.05, 0) is 48.9 Å². The number of methoxy groups -OCH3 is 1. The van der Waals surface area contributed by atoms with E-state index in [1.54, 1.807) is 24.3 Å². The Morgan fingerprint density at radius 3 is 2.26 bits per heavy atom. The first-order chi connectivity index (χ1) is 13.0. The van der Waals surface area contributed by atoms with E-state index in [2.05, 4.69) is 39.3 Å². The van der Waals surface area contributed by atoms with Crippen LogP contribution in [0, 0.1) is 6.92 Å². The second-order valence-electron chi connectivity index (χ2n) is 6.05. The average Bonchev–Trinajstić information content (AvgIpc) is 2.68. The number of hydrogen-bond acceptors (Lipinski definition) is 5. The van der Waals surface area contributed by atoms with Crippen LogP contribution in [0.2, 0.25) is 0 Å². The predicted octanol–water partition coefficient (Wildman–Crippen LogP) is 3.81. The molecule has 0 aliphatic heterocycles. The van der Waals surface area contributed by atoms with Gasteiger partial charge in [-0.25, -0.2) is 13.4 Å². The molecule has 2 aromatic carbocycles. The van der Waals surface area contributed by atoms with E-state index in [1.165, 1.54) is 31.0 Å². The lowest BCUT2D eigenvalue weighted by atomic mass is 10.1. The Morgan fingerprint density at radius 1 is 0.963 bits per heavy atom. The highest BCUT2D eigenvalue weighted by Gasteiger charge is 2.14. The zero-order valence-corrected chi connectivity index (χ0v) is 16.0. The molecule has 0 bridgehead atoms. The van der Waals surface area contributed by atoms with Gasteiger partial charge in [0, 0.05) is 6.54 Å². The van der Waals surface area contributed by atoms with Gasteiger partial charge >= 0.3 is 0 Å². The van der Waals surface area contributed by atoms with Crippen LogP contribution in [-0.2, 0) is 16.6 Å². The minimum atomic E-state index is -3.68. The second-order valence-corrected chi connectivity index (χ2v) is 7.73. The van der Waals surface area contributed by atoms with Crippen molar-refractivity contribution in [2.45, 2.75) is 18.4 Å². The molecule has 27 heavy (non-hydrogen) atoms. The maximum Gasteiger partial charge on any atom is 0.261 e. The molecule has 2 N–H and O–H groups in total. The SMILES string of the molecule is COc1ccc(S(=O)(=O)Nc2ccc(NCc3ccc(C)cc3)nc2)cc1. The molecule has 0 unspecified atom stereocenters. The first-order valence-electron chi connectivity index (χ1n) is 8.38. The monoisotopic (exact) mass is 383 g/mol. The molecule has 3 rings (SSSR count). The van der Waals surface area contributed by atoms with E-state index in [0.29, 0.717) is 23.8 Å². The van der Waals surface area contributed by atoms with Crippen LogP contribution >= 0.6 is 0 Å². The van der Waals surface area contributed by atoms with Crippen molar-refractivity contribution in [3.05, 3.63) is 78.0 Å². The van der Waals surface area contributed by atoms with Crippen molar-refractivity contribution in [2.24, 2.45) is 0 Å². The lowest BCUT2D eigenvalue weighted by Gasteiger charge is -2.10. The Hall–Kier alpha value is -3.06. The number of rotatable bonds is 7. The number of hydrogen-bond donors (Lipinski definition) is 2. The van der Waals surface area contributed by atoms with Gasteiger partial charge < -0.3 is 10.1 Å². The molecule has 7 heteroatoms. The van der Waals surface area contributed by atoms with E-state index in [-0.39, 0.29) is 4.90 Å². The highest BCUT2D eigenvalue weighted by Crippen LogP contribution is 2.19. The first kappa shape index (κ1) is 18.7. The van der Waals surface area contributed by atoms with E-state index >= 15 is 0 Å². The number of benzene rings is 2. The van der Waals surface area contributed by atoms with Gasteiger partial charge in [-0.1, -0.05) is 29.8 Å². The summed E-state index contributed by atoms with van der Waals surface area (Å²) in [5, 5.41) is 3.21. The number of anilines is 2. The maximum atomic E-state index is 12.4. The smallest absolute Gasteiger partial charge is 0.261 e. The van der Waals surface area contributed by atoms with Gasteiger partial charge in [0.2, 0.25) is 0 Å². The Labute approximate surface area is 159 Å². The minimum Gasteiger partial charge on any atom is -0.497 e. The number of nitrogens with zero attached hydrogens (tertiary/aromatic N) is 1. The Bertz CT molecular complexity index is 984. The molecule has 1 heterocycles. The van der Waals surface area contributed by atoms with Crippen molar-refractivity contribution in [2.75, 3.05) is 17.1 Å². The van der Waals surface area contributed by atoms with Crippen molar-refractivity contribution in [1.82, 2.24) is 4.98 Å². The molecule has 0 atom stereocenters. The summed E-state index contributed by atoms with van der Waals surface area (Å²) < 4.78 is 32.4. The largest absolute Gasteiger partial charge is 0.497 e. The fourth-order valence-electron chi connectivity index (χ4n) is 2.43. The summed E-state index contributed by atoms with van der Waals surface area (Å²) in [5.74, 6) is 1.27. The Balaban J connectivity index is 1.63. The fourth-order valence-corrected chi connectivity index (χ4v) is 3.47. The highest BCUT2D eigenvalue weighted by atomic mass is 32.2. The van der Waals surface area contributed by atoms with Crippen LogP contribution in [0.4, 0.5) is 11.5 Å². The van der Waals surface area contributed by atoms with Crippen LogP contribution in [0.15, 0.2) is 71.8 Å². The van der Waals surface area contributed by atoms with Crippen molar-refractivity contribution in [3.8, 4) is 5.75 Å². The zero-order chi connectivity index (χ0) is 19.3. The average molecular weight is 383 g/mol. The van der Waals surface area contributed by atoms with Crippen LogP contribution in [0.1, 0.15) is 11.1 Å². The van der Waals surface area contributed by atoms with Gasteiger partial charge in [-0.2, -0.15) is 0 Å². The standard InChI is InChI=1S/C20H21N3O3S/c1-15-3-5-16(6-4-15)13-21-20-12-7-17(14-22-20)23-27(24,25)19-10-8-18(26-2)9-11-19/h3-12,14,23H,13H2,1-2H3,(H,21,22). The van der Waals surface area contributed by atoms with Crippen molar-refractivity contribution in [1.29, 1.82) is 0 Å². The first-order valence-corrected chi connectivity index (χ1v) is 9.87. The summed E-state index contributed by atoms with van der Waals surface area (Å²) in [6, 6.07) is 17.8. The highest BCUT2D eigenvalue weighted by molar-refractivity contribution is 7.92. The van der Waals surface area contributed by atoms with Gasteiger partial charge in [0.15, 0.2) is 0 Å². The molecular formula is C20H21N3O3S. The van der Waals surface area contributed by atoms with Crippen LogP contribution in [0.3, 0.4) is 0 Å². The molecule has 3 aromatic rings. The number of pyridine rings is 1. The third-order valence-electron chi connectivity index (χ3n) is 3.98. The summed E-state index contributed by atoms with van der Waals surface area (Å²) in [6.45, 7) is 2.69. The van der Waals surface area contributed by atoms with Gasteiger partial charge in [0.25, 0.3) is 10.0 Å². The topological polar surface area (TPSA) is 80.3 Å². The van der Waals surface area contributed by atoms with E-state index in [4.69, 9.17) is 4.74 Å². The number of aromatic nitrogens is 1. The summed E-state index contributed by atoms with van der Waals surface area (Å²) in [6.07, 6.45) is 1.48. The van der Waals surface area contributed by atoms with Gasteiger partial charge in [0.05, 0.1) is 23.9 Å².